The molecule has 1 heterocycles. The third-order valence-electron chi connectivity index (χ3n) is 3.04. The van der Waals surface area contributed by atoms with Gasteiger partial charge in [0.1, 0.15) is 17.6 Å². The van der Waals surface area contributed by atoms with Gasteiger partial charge in [0.15, 0.2) is 5.11 Å². The van der Waals surface area contributed by atoms with Crippen LogP contribution in [0.25, 0.3) is 0 Å². The molecule has 0 saturated carbocycles. The Morgan fingerprint density at radius 3 is 2.55 bits per heavy atom. The molecule has 1 saturated heterocycles. The zero-order valence-corrected chi connectivity index (χ0v) is 11.4. The minimum absolute atomic E-state index is 0.141. The molecule has 1 aliphatic heterocycles. The van der Waals surface area contributed by atoms with Crippen LogP contribution in [0.2, 0.25) is 0 Å². The Morgan fingerprint density at radius 1 is 1.40 bits per heavy atom. The van der Waals surface area contributed by atoms with Crippen molar-refractivity contribution in [2.24, 2.45) is 5.92 Å². The molecule has 2 N–H and O–H groups in total. The van der Waals surface area contributed by atoms with Crippen LogP contribution >= 0.6 is 12.2 Å². The number of carbonyl (C=O) groups is 1. The molecule has 0 aliphatic carbocycles. The van der Waals surface area contributed by atoms with Gasteiger partial charge in [0, 0.05) is 11.3 Å². The number of hydrogen-bond donors (Lipinski definition) is 2. The Kier molecular flexibility index (Phi) is 3.99. The highest BCUT2D eigenvalue weighted by Crippen LogP contribution is 2.33. The fourth-order valence-corrected chi connectivity index (χ4v) is 2.40. The summed E-state index contributed by atoms with van der Waals surface area (Å²) in [6.45, 7) is 3.67. The van der Waals surface area contributed by atoms with E-state index in [0.29, 0.717) is 0 Å². The van der Waals surface area contributed by atoms with E-state index < -0.39 is 29.6 Å². The van der Waals surface area contributed by atoms with E-state index in [-0.39, 0.29) is 16.4 Å². The molecule has 2 rings (SSSR count). The summed E-state index contributed by atoms with van der Waals surface area (Å²) < 4.78 is 32.5. The average molecular weight is 298 g/mol. The molecule has 2 atom stereocenters. The molecule has 1 fully saturated rings. The maximum Gasteiger partial charge on any atom is 0.317 e. The highest BCUT2D eigenvalue weighted by molar-refractivity contribution is 7.80. The normalized spacial score (nSPS) is 21.9. The summed E-state index contributed by atoms with van der Waals surface area (Å²) in [4.78, 5) is 11.8. The van der Waals surface area contributed by atoms with E-state index >= 15 is 0 Å². The highest BCUT2D eigenvalue weighted by atomic mass is 32.1. The lowest BCUT2D eigenvalue weighted by atomic mass is 9.88. The molecule has 1 aliphatic rings. The summed E-state index contributed by atoms with van der Waals surface area (Å²) in [5, 5.41) is 5.49. The minimum Gasteiger partial charge on any atom is -0.468 e. The predicted molar refractivity (Wildman–Crippen MR) is 72.6 cm³/mol. The number of nitrogens with one attached hydrogen (secondary N) is 2. The maximum atomic E-state index is 13.9. The van der Waals surface area contributed by atoms with Gasteiger partial charge >= 0.3 is 5.97 Å². The third-order valence-corrected chi connectivity index (χ3v) is 3.26. The van der Waals surface area contributed by atoms with Crippen molar-refractivity contribution >= 4 is 23.3 Å². The van der Waals surface area contributed by atoms with E-state index in [9.17, 15) is 13.6 Å². The van der Waals surface area contributed by atoms with Crippen LogP contribution in [0, 0.1) is 17.6 Å². The molecule has 7 heteroatoms. The number of carbonyl (C=O) groups excluding carboxylic acids is 1. The standard InChI is InChI=1S/C13H12F2N2O2S/c1-6-9(12(18)19-2)11(17-13(20)16-6)10-7(14)4-3-5-8(10)15/h3-5,9,11H,1H2,2H3,(H2,16,17,20)/t9-,11+/m1/s1. The highest BCUT2D eigenvalue weighted by Gasteiger charge is 2.39. The number of esters is 1. The van der Waals surface area contributed by atoms with Gasteiger partial charge in [0.05, 0.1) is 13.2 Å². The van der Waals surface area contributed by atoms with Gasteiger partial charge in [-0.1, -0.05) is 12.6 Å². The summed E-state index contributed by atoms with van der Waals surface area (Å²) in [5.74, 6) is -3.19. The summed E-state index contributed by atoms with van der Waals surface area (Å²) in [7, 11) is 1.19. The lowest BCUT2D eigenvalue weighted by molar-refractivity contribution is -0.145. The Hall–Kier alpha value is -2.02. The number of ether oxygens (including phenoxy) is 1. The summed E-state index contributed by atoms with van der Waals surface area (Å²) in [6.07, 6.45) is 0. The minimum atomic E-state index is -1.01. The van der Waals surface area contributed by atoms with Gasteiger partial charge in [-0.2, -0.15) is 0 Å². The molecular formula is C13H12F2N2O2S. The molecule has 0 amide bonds. The van der Waals surface area contributed by atoms with Crippen molar-refractivity contribution in [1.29, 1.82) is 0 Å². The van der Waals surface area contributed by atoms with Gasteiger partial charge in [-0.3, -0.25) is 4.79 Å². The fourth-order valence-electron chi connectivity index (χ4n) is 2.14. The van der Waals surface area contributed by atoms with Gasteiger partial charge in [-0.15, -0.1) is 0 Å². The van der Waals surface area contributed by atoms with Crippen molar-refractivity contribution in [2.75, 3.05) is 7.11 Å². The number of rotatable bonds is 2. The Balaban J connectivity index is 2.52. The van der Waals surface area contributed by atoms with Crippen LogP contribution in [0.3, 0.4) is 0 Å². The predicted octanol–water partition coefficient (Wildman–Crippen LogP) is 1.79. The quantitative estimate of drug-likeness (QED) is 0.644. The topological polar surface area (TPSA) is 50.4 Å². The van der Waals surface area contributed by atoms with Crippen LogP contribution < -0.4 is 10.6 Å². The SMILES string of the molecule is C=C1NC(=S)N[C@H](c2c(F)cccc2F)[C@@H]1C(=O)OC. The van der Waals surface area contributed by atoms with Crippen molar-refractivity contribution < 1.29 is 18.3 Å². The molecule has 1 aromatic carbocycles. The van der Waals surface area contributed by atoms with Crippen LogP contribution in [-0.4, -0.2) is 18.2 Å². The van der Waals surface area contributed by atoms with E-state index in [1.54, 1.807) is 0 Å². The van der Waals surface area contributed by atoms with Crippen LogP contribution in [0.15, 0.2) is 30.5 Å². The van der Waals surface area contributed by atoms with Crippen molar-refractivity contribution in [3.8, 4) is 0 Å². The maximum absolute atomic E-state index is 13.9. The lowest BCUT2D eigenvalue weighted by Crippen LogP contribution is -2.51. The van der Waals surface area contributed by atoms with Crippen LogP contribution in [0.1, 0.15) is 11.6 Å². The molecule has 0 unspecified atom stereocenters. The van der Waals surface area contributed by atoms with Gasteiger partial charge in [0.2, 0.25) is 0 Å². The Labute approximate surface area is 119 Å². The van der Waals surface area contributed by atoms with Crippen molar-refractivity contribution in [1.82, 2.24) is 10.6 Å². The molecule has 4 nitrogen and oxygen atoms in total. The Bertz CT molecular complexity index is 571. The van der Waals surface area contributed by atoms with E-state index in [2.05, 4.69) is 21.9 Å². The average Bonchev–Trinajstić information content (AvgIpc) is 2.37. The summed E-state index contributed by atoms with van der Waals surface area (Å²) in [5.41, 5.74) is -0.0406. The van der Waals surface area contributed by atoms with Gasteiger partial charge in [0.25, 0.3) is 0 Å². The molecule has 0 bridgehead atoms. The van der Waals surface area contributed by atoms with Gasteiger partial charge in [-0.25, -0.2) is 8.78 Å². The second-order valence-corrected chi connectivity index (χ2v) is 4.65. The van der Waals surface area contributed by atoms with E-state index in [0.717, 1.165) is 12.1 Å². The molecule has 1 aromatic rings. The van der Waals surface area contributed by atoms with Gasteiger partial charge in [-0.05, 0) is 24.4 Å². The first-order chi connectivity index (χ1) is 9.45. The molecule has 106 valence electrons. The first kappa shape index (κ1) is 14.4. The van der Waals surface area contributed by atoms with E-state index in [4.69, 9.17) is 12.2 Å². The Morgan fingerprint density at radius 2 is 2.00 bits per heavy atom. The first-order valence-electron chi connectivity index (χ1n) is 5.73. The van der Waals surface area contributed by atoms with Crippen LogP contribution in [0.5, 0.6) is 0 Å². The number of halogens is 2. The largest absolute Gasteiger partial charge is 0.468 e. The summed E-state index contributed by atoms with van der Waals surface area (Å²) in [6, 6.07) is 2.46. The number of thiocarbonyl (C=S) groups is 1. The van der Waals surface area contributed by atoms with Crippen LogP contribution in [0.4, 0.5) is 8.78 Å². The zero-order chi connectivity index (χ0) is 14.9. The van der Waals surface area contributed by atoms with Crippen molar-refractivity contribution in [3.05, 3.63) is 47.7 Å². The smallest absolute Gasteiger partial charge is 0.317 e. The van der Waals surface area contributed by atoms with Gasteiger partial charge < -0.3 is 15.4 Å². The second kappa shape index (κ2) is 5.54. The zero-order valence-electron chi connectivity index (χ0n) is 10.6. The van der Waals surface area contributed by atoms with E-state index in [1.807, 2.05) is 0 Å². The number of hydrogen-bond acceptors (Lipinski definition) is 3. The van der Waals surface area contributed by atoms with E-state index in [1.165, 1.54) is 13.2 Å². The molecule has 0 spiro atoms. The van der Waals surface area contributed by atoms with Crippen molar-refractivity contribution in [3.63, 3.8) is 0 Å². The number of benzene rings is 1. The summed E-state index contributed by atoms with van der Waals surface area (Å²) >= 11 is 4.94. The monoisotopic (exact) mass is 298 g/mol. The molecular weight excluding hydrogens is 286 g/mol. The fraction of sp³-hybridized carbons (Fsp3) is 0.231. The second-order valence-electron chi connectivity index (χ2n) is 4.24. The molecule has 0 radical (unpaired) electrons. The molecule has 0 aromatic heterocycles. The third kappa shape index (κ3) is 2.49. The van der Waals surface area contributed by atoms with Crippen molar-refractivity contribution in [2.45, 2.75) is 6.04 Å². The number of methoxy groups -OCH3 is 1. The first-order valence-corrected chi connectivity index (χ1v) is 6.14. The lowest BCUT2D eigenvalue weighted by Gasteiger charge is -2.34. The van der Waals surface area contributed by atoms with Crippen LogP contribution in [-0.2, 0) is 9.53 Å². The molecule has 20 heavy (non-hydrogen) atoms.